The summed E-state index contributed by atoms with van der Waals surface area (Å²) < 4.78 is 11.0. The lowest BCUT2D eigenvalue weighted by Crippen LogP contribution is -2.30. The van der Waals surface area contributed by atoms with Crippen molar-refractivity contribution < 1.29 is 13.9 Å². The minimum absolute atomic E-state index is 0.233. The molecule has 0 spiro atoms. The summed E-state index contributed by atoms with van der Waals surface area (Å²) in [6.45, 7) is 6.02. The van der Waals surface area contributed by atoms with E-state index < -0.39 is 0 Å². The van der Waals surface area contributed by atoms with Crippen LogP contribution in [0.1, 0.15) is 37.4 Å². The number of carbonyl (C=O) groups is 1. The van der Waals surface area contributed by atoms with E-state index in [1.54, 1.807) is 31.4 Å². The molecule has 0 unspecified atom stereocenters. The van der Waals surface area contributed by atoms with E-state index in [1.165, 1.54) is 28.0 Å². The van der Waals surface area contributed by atoms with Gasteiger partial charge in [0.25, 0.3) is 5.91 Å². The van der Waals surface area contributed by atoms with Crippen LogP contribution in [-0.2, 0) is 16.0 Å². The van der Waals surface area contributed by atoms with Crippen LogP contribution in [-0.4, -0.2) is 28.4 Å². The van der Waals surface area contributed by atoms with Gasteiger partial charge in [0.05, 0.1) is 23.6 Å². The van der Waals surface area contributed by atoms with Gasteiger partial charge in [-0.3, -0.25) is 9.69 Å². The molecule has 4 rings (SSSR count). The van der Waals surface area contributed by atoms with Gasteiger partial charge in [-0.2, -0.15) is 0 Å². The molecule has 10 heteroatoms. The maximum atomic E-state index is 13.3. The fraction of sp³-hybridized carbons (Fsp3) is 0.273. The highest BCUT2D eigenvalue weighted by atomic mass is 35.5. The number of amidine groups is 1. The third kappa shape index (κ3) is 4.74. The molecule has 0 saturated carbocycles. The second-order valence-corrected chi connectivity index (χ2v) is 10.3. The zero-order valence-electron chi connectivity index (χ0n) is 18.0. The van der Waals surface area contributed by atoms with Gasteiger partial charge in [-0.1, -0.05) is 50.2 Å². The lowest BCUT2D eigenvalue weighted by atomic mass is 9.97. The molecule has 1 amide bonds. The zero-order valence-corrected chi connectivity index (χ0v) is 20.3. The van der Waals surface area contributed by atoms with E-state index in [1.807, 2.05) is 38.3 Å². The van der Waals surface area contributed by atoms with Crippen molar-refractivity contribution in [1.29, 1.82) is 0 Å². The van der Waals surface area contributed by atoms with Gasteiger partial charge < -0.3 is 9.15 Å². The first-order chi connectivity index (χ1) is 15.3. The molecule has 0 radical (unpaired) electrons. The molecular formula is C22H21ClN4O3S2. The number of nitrogens with zero attached hydrogens (tertiary/aromatic N) is 4. The number of aliphatic imine (C=N–C) groups is 1. The van der Waals surface area contributed by atoms with E-state index in [2.05, 4.69) is 15.2 Å². The summed E-state index contributed by atoms with van der Waals surface area (Å²) in [6, 6.07) is 9.05. The molecule has 0 bridgehead atoms. The molecule has 7 nitrogen and oxygen atoms in total. The highest BCUT2D eigenvalue weighted by molar-refractivity contribution is 8.13. The summed E-state index contributed by atoms with van der Waals surface area (Å²) in [5.74, 6) is 1.71. The Morgan fingerprint density at radius 2 is 2.09 bits per heavy atom. The maximum absolute atomic E-state index is 13.3. The number of ether oxygens (including phenoxy) is 1. The van der Waals surface area contributed by atoms with E-state index in [4.69, 9.17) is 20.8 Å². The van der Waals surface area contributed by atoms with Crippen LogP contribution in [0.3, 0.4) is 0 Å². The van der Waals surface area contributed by atoms with E-state index in [-0.39, 0.29) is 11.3 Å². The van der Waals surface area contributed by atoms with Crippen LogP contribution >= 0.6 is 34.7 Å². The van der Waals surface area contributed by atoms with Crippen LogP contribution in [0.25, 0.3) is 6.08 Å². The molecule has 0 aliphatic carbocycles. The molecule has 0 atom stereocenters. The molecule has 32 heavy (non-hydrogen) atoms. The Balaban J connectivity index is 1.64. The Labute approximate surface area is 199 Å². The first kappa shape index (κ1) is 22.6. The fourth-order valence-corrected chi connectivity index (χ4v) is 4.62. The number of methoxy groups -OCH3 is 1. The molecule has 1 aromatic carbocycles. The monoisotopic (exact) mass is 488 g/mol. The van der Waals surface area contributed by atoms with E-state index >= 15 is 0 Å². The van der Waals surface area contributed by atoms with Crippen molar-refractivity contribution in [2.75, 3.05) is 12.0 Å². The van der Waals surface area contributed by atoms with E-state index in [0.717, 1.165) is 4.88 Å². The number of thioether (sulfide) groups is 1. The minimum Gasteiger partial charge on any atom is -0.495 e. The summed E-state index contributed by atoms with van der Waals surface area (Å²) in [6.07, 6.45) is 1.78. The Hall–Kier alpha value is -2.62. The SMILES string of the molecule is COc1ccc(N2C(=O)/C(=C\c3cccs3)N=C2SCc2nnc(C(C)(C)C)o2)cc1Cl. The average molecular weight is 489 g/mol. The smallest absolute Gasteiger partial charge is 0.283 e. The zero-order chi connectivity index (χ0) is 22.9. The summed E-state index contributed by atoms with van der Waals surface area (Å²) in [4.78, 5) is 20.4. The summed E-state index contributed by atoms with van der Waals surface area (Å²) >= 11 is 9.20. The Morgan fingerprint density at radius 1 is 1.28 bits per heavy atom. The summed E-state index contributed by atoms with van der Waals surface area (Å²) in [7, 11) is 1.54. The number of hydrogen-bond donors (Lipinski definition) is 0. The van der Waals surface area contributed by atoms with Gasteiger partial charge in [0.1, 0.15) is 11.4 Å². The molecule has 1 aliphatic heterocycles. The van der Waals surface area contributed by atoms with Crippen molar-refractivity contribution in [2.24, 2.45) is 4.99 Å². The Morgan fingerprint density at radius 3 is 2.72 bits per heavy atom. The van der Waals surface area contributed by atoms with Crippen LogP contribution < -0.4 is 9.64 Å². The highest BCUT2D eigenvalue weighted by Crippen LogP contribution is 2.35. The second-order valence-electron chi connectivity index (χ2n) is 7.94. The second kappa shape index (κ2) is 9.09. The average Bonchev–Trinajstić information content (AvgIpc) is 3.48. The number of rotatable bonds is 5. The predicted molar refractivity (Wildman–Crippen MR) is 130 cm³/mol. The van der Waals surface area contributed by atoms with Gasteiger partial charge in [0, 0.05) is 10.3 Å². The molecule has 0 N–H and O–H groups in total. The van der Waals surface area contributed by atoms with Gasteiger partial charge in [0.15, 0.2) is 5.17 Å². The van der Waals surface area contributed by atoms with Gasteiger partial charge in [0.2, 0.25) is 11.8 Å². The Kier molecular flexibility index (Phi) is 6.41. The molecule has 166 valence electrons. The third-order valence-corrected chi connectivity index (χ3v) is 6.52. The number of carbonyl (C=O) groups excluding carboxylic acids is 1. The first-order valence-corrected chi connectivity index (χ1v) is 12.0. The highest BCUT2D eigenvalue weighted by Gasteiger charge is 2.33. The maximum Gasteiger partial charge on any atom is 0.283 e. The first-order valence-electron chi connectivity index (χ1n) is 9.74. The van der Waals surface area contributed by atoms with Crippen molar-refractivity contribution in [2.45, 2.75) is 31.9 Å². The van der Waals surface area contributed by atoms with Crippen LogP contribution in [0, 0.1) is 0 Å². The van der Waals surface area contributed by atoms with Crippen LogP contribution in [0.2, 0.25) is 5.02 Å². The minimum atomic E-state index is -0.237. The number of halogens is 1. The molecular weight excluding hydrogens is 468 g/mol. The number of anilines is 1. The van der Waals surface area contributed by atoms with E-state index in [0.29, 0.717) is 44.9 Å². The molecule has 0 saturated heterocycles. The molecule has 2 aromatic heterocycles. The molecule has 3 aromatic rings. The number of benzene rings is 1. The molecule has 3 heterocycles. The molecule has 1 aliphatic rings. The number of amides is 1. The lowest BCUT2D eigenvalue weighted by molar-refractivity contribution is -0.113. The van der Waals surface area contributed by atoms with Crippen molar-refractivity contribution in [3.63, 3.8) is 0 Å². The van der Waals surface area contributed by atoms with Crippen LogP contribution in [0.15, 0.2) is 50.8 Å². The van der Waals surface area contributed by atoms with Crippen LogP contribution in [0.5, 0.6) is 5.75 Å². The molecule has 0 fully saturated rings. The fourth-order valence-electron chi connectivity index (χ4n) is 2.86. The third-order valence-electron chi connectivity index (χ3n) is 4.48. The topological polar surface area (TPSA) is 80.8 Å². The van der Waals surface area contributed by atoms with Crippen LogP contribution in [0.4, 0.5) is 5.69 Å². The quantitative estimate of drug-likeness (QED) is 0.424. The standard InChI is InChI=1S/C22H21ClN4O3S2/c1-22(2,3)20-26-25-18(30-20)12-32-21-24-16(11-14-6-5-9-31-14)19(28)27(21)13-7-8-17(29-4)15(23)10-13/h5-11H,12H2,1-4H3/b16-11+. The van der Waals surface area contributed by atoms with Gasteiger partial charge in [-0.25, -0.2) is 4.99 Å². The van der Waals surface area contributed by atoms with Gasteiger partial charge >= 0.3 is 0 Å². The predicted octanol–water partition coefficient (Wildman–Crippen LogP) is 5.77. The number of hydrogen-bond acceptors (Lipinski definition) is 8. The number of aromatic nitrogens is 2. The van der Waals surface area contributed by atoms with E-state index in [9.17, 15) is 4.79 Å². The normalized spacial score (nSPS) is 15.5. The summed E-state index contributed by atoms with van der Waals surface area (Å²) in [5.41, 5.74) is 0.713. The van der Waals surface area contributed by atoms with Gasteiger partial charge in [-0.15, -0.1) is 21.5 Å². The van der Waals surface area contributed by atoms with Crippen molar-refractivity contribution in [3.8, 4) is 5.75 Å². The van der Waals surface area contributed by atoms with Crippen molar-refractivity contribution >= 4 is 57.5 Å². The Bertz CT molecular complexity index is 1200. The summed E-state index contributed by atoms with van der Waals surface area (Å²) in [5, 5.41) is 11.1. The van der Waals surface area contributed by atoms with Crippen molar-refractivity contribution in [3.05, 3.63) is 63.1 Å². The lowest BCUT2D eigenvalue weighted by Gasteiger charge is -2.18. The van der Waals surface area contributed by atoms with Gasteiger partial charge in [-0.05, 0) is 35.7 Å². The number of thiophene rings is 1. The van der Waals surface area contributed by atoms with Crippen molar-refractivity contribution in [1.82, 2.24) is 10.2 Å². The largest absolute Gasteiger partial charge is 0.495 e.